The van der Waals surface area contributed by atoms with Gasteiger partial charge in [0.05, 0.1) is 0 Å². The minimum Gasteiger partial charge on any atom is -0.478 e. The Hall–Kier alpha value is -2.35. The van der Waals surface area contributed by atoms with Crippen LogP contribution in [-0.2, 0) is 4.79 Å². The molecule has 0 amide bonds. The maximum atomic E-state index is 11.4. The minimum absolute atomic E-state index is 0.145. The Morgan fingerprint density at radius 3 is 2.05 bits per heavy atom. The predicted octanol–water partition coefficient (Wildman–Crippen LogP) is 4.61. The third-order valence-electron chi connectivity index (χ3n) is 4.11. The van der Waals surface area contributed by atoms with E-state index >= 15 is 0 Å². The second-order valence-electron chi connectivity index (χ2n) is 5.37. The van der Waals surface area contributed by atoms with Crippen molar-refractivity contribution in [3.05, 3.63) is 71.3 Å². The van der Waals surface area contributed by atoms with Crippen LogP contribution < -0.4 is 0 Å². The summed E-state index contributed by atoms with van der Waals surface area (Å²) in [5.74, 6) is -0.662. The van der Waals surface area contributed by atoms with Gasteiger partial charge in [0.2, 0.25) is 0 Å². The Morgan fingerprint density at radius 2 is 1.57 bits per heavy atom. The number of fused-ring (bicyclic) bond motifs is 3. The van der Waals surface area contributed by atoms with Crippen LogP contribution in [0, 0.1) is 0 Å². The van der Waals surface area contributed by atoms with Crippen molar-refractivity contribution in [2.24, 2.45) is 0 Å². The van der Waals surface area contributed by atoms with Gasteiger partial charge in [-0.1, -0.05) is 61.5 Å². The van der Waals surface area contributed by atoms with Crippen LogP contribution in [-0.4, -0.2) is 11.1 Å². The lowest BCUT2D eigenvalue weighted by Crippen LogP contribution is -2.06. The van der Waals surface area contributed by atoms with Crippen molar-refractivity contribution >= 4 is 5.97 Å². The maximum absolute atomic E-state index is 11.4. The summed E-state index contributed by atoms with van der Waals surface area (Å²) in [4.78, 5) is 11.4. The highest BCUT2D eigenvalue weighted by atomic mass is 16.4. The zero-order chi connectivity index (χ0) is 14.8. The van der Waals surface area contributed by atoms with Crippen molar-refractivity contribution in [3.63, 3.8) is 0 Å². The molecule has 3 rings (SSSR count). The summed E-state index contributed by atoms with van der Waals surface area (Å²) in [6.45, 7) is 1.97. The lowest BCUT2D eigenvalue weighted by Gasteiger charge is -2.14. The Bertz CT molecular complexity index is 668. The SMILES string of the molecule is CCC=C(CC1c2ccccc2-c2ccccc21)C(=O)O. The summed E-state index contributed by atoms with van der Waals surface area (Å²) in [5.41, 5.74) is 5.46. The highest BCUT2D eigenvalue weighted by Crippen LogP contribution is 2.47. The molecule has 106 valence electrons. The van der Waals surface area contributed by atoms with E-state index in [2.05, 4.69) is 24.3 Å². The number of benzene rings is 2. The average molecular weight is 278 g/mol. The van der Waals surface area contributed by atoms with E-state index in [-0.39, 0.29) is 5.92 Å². The molecule has 0 spiro atoms. The first kappa shape index (κ1) is 13.6. The molecule has 1 aliphatic carbocycles. The monoisotopic (exact) mass is 278 g/mol. The molecule has 0 saturated heterocycles. The molecular formula is C19H18O2. The van der Waals surface area contributed by atoms with Gasteiger partial charge in [0.1, 0.15) is 0 Å². The first-order chi connectivity index (χ1) is 10.2. The zero-order valence-electron chi connectivity index (χ0n) is 12.0. The Balaban J connectivity index is 2.07. The number of carboxylic acids is 1. The summed E-state index contributed by atoms with van der Waals surface area (Å²) in [7, 11) is 0. The molecule has 0 aromatic heterocycles. The van der Waals surface area contributed by atoms with Gasteiger partial charge >= 0.3 is 5.97 Å². The second kappa shape index (κ2) is 5.57. The van der Waals surface area contributed by atoms with Gasteiger partial charge in [0.25, 0.3) is 0 Å². The Labute approximate surface area is 124 Å². The highest BCUT2D eigenvalue weighted by molar-refractivity contribution is 5.88. The first-order valence-electron chi connectivity index (χ1n) is 7.33. The maximum Gasteiger partial charge on any atom is 0.331 e. The summed E-state index contributed by atoms with van der Waals surface area (Å²) in [5, 5.41) is 9.39. The van der Waals surface area contributed by atoms with Crippen LogP contribution in [0.15, 0.2) is 60.2 Å². The average Bonchev–Trinajstić information content (AvgIpc) is 2.81. The second-order valence-corrected chi connectivity index (χ2v) is 5.37. The van der Waals surface area contributed by atoms with Gasteiger partial charge in [-0.05, 0) is 35.1 Å². The molecule has 1 N–H and O–H groups in total. The fourth-order valence-corrected chi connectivity index (χ4v) is 3.20. The van der Waals surface area contributed by atoms with E-state index in [0.29, 0.717) is 12.0 Å². The molecule has 2 nitrogen and oxygen atoms in total. The van der Waals surface area contributed by atoms with Crippen molar-refractivity contribution in [3.8, 4) is 11.1 Å². The third kappa shape index (κ3) is 2.38. The Morgan fingerprint density at radius 1 is 1.05 bits per heavy atom. The number of rotatable bonds is 4. The normalized spacial score (nSPS) is 13.9. The van der Waals surface area contributed by atoms with E-state index in [4.69, 9.17) is 0 Å². The van der Waals surface area contributed by atoms with Gasteiger partial charge in [-0.15, -0.1) is 0 Å². The van der Waals surface area contributed by atoms with Gasteiger partial charge in [0, 0.05) is 11.5 Å². The third-order valence-corrected chi connectivity index (χ3v) is 4.11. The van der Waals surface area contributed by atoms with E-state index < -0.39 is 5.97 Å². The molecule has 21 heavy (non-hydrogen) atoms. The first-order valence-corrected chi connectivity index (χ1v) is 7.33. The van der Waals surface area contributed by atoms with Crippen LogP contribution in [0.5, 0.6) is 0 Å². The van der Waals surface area contributed by atoms with Crippen LogP contribution in [0.1, 0.15) is 36.8 Å². The zero-order valence-corrected chi connectivity index (χ0v) is 12.0. The molecule has 0 atom stereocenters. The molecule has 0 saturated carbocycles. The van der Waals surface area contributed by atoms with Gasteiger partial charge in [-0.3, -0.25) is 0 Å². The van der Waals surface area contributed by atoms with Crippen LogP contribution in [0.4, 0.5) is 0 Å². The van der Waals surface area contributed by atoms with Crippen LogP contribution >= 0.6 is 0 Å². The fourth-order valence-electron chi connectivity index (χ4n) is 3.20. The standard InChI is InChI=1S/C19H18O2/c1-2-7-13(19(20)21)12-18-16-10-5-3-8-14(16)15-9-4-6-11-17(15)18/h3-11,18H,2,12H2,1H3,(H,20,21). The fraction of sp³-hybridized carbons (Fsp3) is 0.211. The van der Waals surface area contributed by atoms with E-state index in [1.807, 2.05) is 37.3 Å². The summed E-state index contributed by atoms with van der Waals surface area (Å²) >= 11 is 0. The van der Waals surface area contributed by atoms with Crippen molar-refractivity contribution < 1.29 is 9.90 Å². The van der Waals surface area contributed by atoms with Crippen molar-refractivity contribution in [2.75, 3.05) is 0 Å². The highest BCUT2D eigenvalue weighted by Gasteiger charge is 2.29. The van der Waals surface area contributed by atoms with Gasteiger partial charge in [-0.25, -0.2) is 4.79 Å². The molecule has 0 aliphatic heterocycles. The molecule has 2 aromatic carbocycles. The van der Waals surface area contributed by atoms with E-state index in [1.165, 1.54) is 22.3 Å². The topological polar surface area (TPSA) is 37.3 Å². The molecule has 2 heteroatoms. The van der Waals surface area contributed by atoms with Gasteiger partial charge < -0.3 is 5.11 Å². The number of allylic oxidation sites excluding steroid dienone is 1. The van der Waals surface area contributed by atoms with E-state index in [9.17, 15) is 9.90 Å². The van der Waals surface area contributed by atoms with E-state index in [0.717, 1.165) is 6.42 Å². The predicted molar refractivity (Wildman–Crippen MR) is 84.3 cm³/mol. The van der Waals surface area contributed by atoms with Crippen LogP contribution in [0.2, 0.25) is 0 Å². The number of hydrogen-bond acceptors (Lipinski definition) is 1. The number of hydrogen-bond donors (Lipinski definition) is 1. The number of aliphatic carboxylic acids is 1. The number of carboxylic acid groups (broad SMARTS) is 1. The van der Waals surface area contributed by atoms with Crippen LogP contribution in [0.3, 0.4) is 0 Å². The molecule has 0 heterocycles. The van der Waals surface area contributed by atoms with Gasteiger partial charge in [0.15, 0.2) is 0 Å². The summed E-state index contributed by atoms with van der Waals surface area (Å²) < 4.78 is 0. The van der Waals surface area contributed by atoms with Crippen LogP contribution in [0.25, 0.3) is 11.1 Å². The molecule has 0 fully saturated rings. The van der Waals surface area contributed by atoms with Crippen molar-refractivity contribution in [1.29, 1.82) is 0 Å². The van der Waals surface area contributed by atoms with Gasteiger partial charge in [-0.2, -0.15) is 0 Å². The van der Waals surface area contributed by atoms with Crippen molar-refractivity contribution in [1.82, 2.24) is 0 Å². The van der Waals surface area contributed by atoms with Crippen molar-refractivity contribution in [2.45, 2.75) is 25.7 Å². The molecule has 0 radical (unpaired) electrons. The lowest BCUT2D eigenvalue weighted by molar-refractivity contribution is -0.132. The summed E-state index contributed by atoms with van der Waals surface area (Å²) in [6, 6.07) is 16.6. The summed E-state index contributed by atoms with van der Waals surface area (Å²) in [6.07, 6.45) is 3.13. The smallest absolute Gasteiger partial charge is 0.331 e. The lowest BCUT2D eigenvalue weighted by atomic mass is 9.89. The number of carbonyl (C=O) groups is 1. The molecular weight excluding hydrogens is 260 g/mol. The Kier molecular flexibility index (Phi) is 3.61. The molecule has 0 unspecified atom stereocenters. The minimum atomic E-state index is -0.807. The molecule has 1 aliphatic rings. The largest absolute Gasteiger partial charge is 0.478 e. The van der Waals surface area contributed by atoms with E-state index in [1.54, 1.807) is 0 Å². The molecule has 2 aromatic rings. The molecule has 0 bridgehead atoms. The quantitative estimate of drug-likeness (QED) is 0.829.